The molecule has 2 aliphatic rings. The topological polar surface area (TPSA) is 70.1 Å². The van der Waals surface area contributed by atoms with Crippen LogP contribution < -0.4 is 5.32 Å². The lowest BCUT2D eigenvalue weighted by Crippen LogP contribution is -2.52. The Labute approximate surface area is 174 Å². The van der Waals surface area contributed by atoms with E-state index in [1.165, 1.54) is 12.8 Å². The smallest absolute Gasteiger partial charge is 0.410 e. The number of pyridine rings is 1. The SMILES string of the molecule is CN=C(NCc1ccccn1)N1CCC(N(CC2CC2)C(=O)OC(C)(C)C)CC1. The molecule has 0 spiro atoms. The quantitative estimate of drug-likeness (QED) is 0.606. The van der Waals surface area contributed by atoms with Crippen LogP contribution in [0.2, 0.25) is 0 Å². The van der Waals surface area contributed by atoms with Gasteiger partial charge in [0, 0.05) is 38.9 Å². The summed E-state index contributed by atoms with van der Waals surface area (Å²) in [5.74, 6) is 1.54. The molecule has 0 atom stereocenters. The van der Waals surface area contributed by atoms with Gasteiger partial charge in [0.15, 0.2) is 5.96 Å². The number of guanidine groups is 1. The first-order valence-electron chi connectivity index (χ1n) is 10.7. The molecule has 1 aliphatic carbocycles. The maximum atomic E-state index is 12.8. The highest BCUT2D eigenvalue weighted by atomic mass is 16.6. The Balaban J connectivity index is 1.54. The molecular weight excluding hydrogens is 366 g/mol. The largest absolute Gasteiger partial charge is 0.444 e. The average Bonchev–Trinajstić information content (AvgIpc) is 3.51. The molecule has 1 amide bonds. The summed E-state index contributed by atoms with van der Waals surface area (Å²) >= 11 is 0. The number of ether oxygens (including phenoxy) is 1. The zero-order valence-corrected chi connectivity index (χ0v) is 18.2. The van der Waals surface area contributed by atoms with Gasteiger partial charge in [-0.05, 0) is 64.5 Å². The van der Waals surface area contributed by atoms with Crippen molar-refractivity contribution in [1.29, 1.82) is 0 Å². The minimum absolute atomic E-state index is 0.166. The molecule has 0 radical (unpaired) electrons. The van der Waals surface area contributed by atoms with Crippen LogP contribution in [0, 0.1) is 5.92 Å². The summed E-state index contributed by atoms with van der Waals surface area (Å²) in [6, 6.07) is 6.14. The fourth-order valence-corrected chi connectivity index (χ4v) is 3.67. The second-order valence-corrected chi connectivity index (χ2v) is 9.02. The van der Waals surface area contributed by atoms with Crippen LogP contribution in [0.4, 0.5) is 4.79 Å². The Morgan fingerprint density at radius 3 is 2.55 bits per heavy atom. The molecule has 0 unspecified atom stereocenters. The molecule has 1 saturated carbocycles. The Hall–Kier alpha value is -2.31. The summed E-state index contributed by atoms with van der Waals surface area (Å²) in [6.07, 6.45) is 5.94. The van der Waals surface area contributed by atoms with Crippen molar-refractivity contribution < 1.29 is 9.53 Å². The number of carbonyl (C=O) groups is 1. The van der Waals surface area contributed by atoms with Gasteiger partial charge in [-0.15, -0.1) is 0 Å². The van der Waals surface area contributed by atoms with Crippen molar-refractivity contribution in [3.63, 3.8) is 0 Å². The number of amides is 1. The Morgan fingerprint density at radius 2 is 2.00 bits per heavy atom. The van der Waals surface area contributed by atoms with Gasteiger partial charge < -0.3 is 19.9 Å². The number of nitrogens with one attached hydrogen (secondary N) is 1. The van der Waals surface area contributed by atoms with Crippen molar-refractivity contribution >= 4 is 12.1 Å². The van der Waals surface area contributed by atoms with E-state index in [1.54, 1.807) is 6.20 Å². The predicted molar refractivity (Wildman–Crippen MR) is 115 cm³/mol. The van der Waals surface area contributed by atoms with Crippen LogP contribution in [0.15, 0.2) is 29.4 Å². The molecule has 1 aromatic heterocycles. The highest BCUT2D eigenvalue weighted by Gasteiger charge is 2.35. The standard InChI is InChI=1S/C22H35N5O2/c1-22(2,3)29-21(28)27(16-17-8-9-17)19-10-13-26(14-11-19)20(23-4)25-15-18-7-5-6-12-24-18/h5-7,12,17,19H,8-11,13-16H2,1-4H3,(H,23,25). The van der Waals surface area contributed by atoms with Crippen LogP contribution in [-0.2, 0) is 11.3 Å². The second kappa shape index (κ2) is 9.46. The van der Waals surface area contributed by atoms with Gasteiger partial charge in [0.1, 0.15) is 5.60 Å². The second-order valence-electron chi connectivity index (χ2n) is 9.02. The Morgan fingerprint density at radius 1 is 1.28 bits per heavy atom. The lowest BCUT2D eigenvalue weighted by atomic mass is 10.0. The molecule has 2 fully saturated rings. The average molecular weight is 402 g/mol. The zero-order valence-electron chi connectivity index (χ0n) is 18.2. The fourth-order valence-electron chi connectivity index (χ4n) is 3.67. The summed E-state index contributed by atoms with van der Waals surface area (Å²) < 4.78 is 5.70. The van der Waals surface area contributed by atoms with E-state index in [9.17, 15) is 4.79 Å². The van der Waals surface area contributed by atoms with Crippen LogP contribution in [0.5, 0.6) is 0 Å². The molecule has 0 aromatic carbocycles. The van der Waals surface area contributed by atoms with Crippen molar-refractivity contribution in [3.8, 4) is 0 Å². The van der Waals surface area contributed by atoms with Crippen molar-refractivity contribution in [1.82, 2.24) is 20.1 Å². The Kier molecular flexibility index (Phi) is 6.98. The molecule has 160 valence electrons. The molecule has 3 rings (SSSR count). The van der Waals surface area contributed by atoms with E-state index in [4.69, 9.17) is 4.74 Å². The molecular formula is C22H35N5O2. The highest BCUT2D eigenvalue weighted by Crippen LogP contribution is 2.32. The monoisotopic (exact) mass is 401 g/mol. The minimum atomic E-state index is -0.461. The number of hydrogen-bond acceptors (Lipinski definition) is 4. The number of aliphatic imine (C=N–C) groups is 1. The maximum absolute atomic E-state index is 12.8. The van der Waals surface area contributed by atoms with Crippen molar-refractivity contribution in [2.45, 2.75) is 64.6 Å². The zero-order chi connectivity index (χ0) is 20.9. The number of rotatable bonds is 5. The van der Waals surface area contributed by atoms with E-state index in [2.05, 4.69) is 20.2 Å². The van der Waals surface area contributed by atoms with Gasteiger partial charge in [-0.25, -0.2) is 4.79 Å². The van der Waals surface area contributed by atoms with Crippen LogP contribution in [-0.4, -0.2) is 65.2 Å². The molecule has 1 N–H and O–H groups in total. The lowest BCUT2D eigenvalue weighted by Gasteiger charge is -2.40. The third-order valence-corrected chi connectivity index (χ3v) is 5.35. The molecule has 29 heavy (non-hydrogen) atoms. The van der Waals surface area contributed by atoms with E-state index < -0.39 is 5.60 Å². The van der Waals surface area contributed by atoms with E-state index in [-0.39, 0.29) is 12.1 Å². The third-order valence-electron chi connectivity index (χ3n) is 5.35. The van der Waals surface area contributed by atoms with Crippen molar-refractivity contribution in [2.75, 3.05) is 26.7 Å². The van der Waals surface area contributed by atoms with Gasteiger partial charge in [0.25, 0.3) is 0 Å². The number of aromatic nitrogens is 1. The number of piperidine rings is 1. The summed E-state index contributed by atoms with van der Waals surface area (Å²) in [7, 11) is 1.81. The minimum Gasteiger partial charge on any atom is -0.444 e. The number of hydrogen-bond donors (Lipinski definition) is 1. The molecule has 1 saturated heterocycles. The van der Waals surface area contributed by atoms with E-state index in [0.717, 1.165) is 44.1 Å². The Bertz CT molecular complexity index is 689. The van der Waals surface area contributed by atoms with Gasteiger partial charge in [0.2, 0.25) is 0 Å². The van der Waals surface area contributed by atoms with Crippen molar-refractivity contribution in [3.05, 3.63) is 30.1 Å². The summed E-state index contributed by atoms with van der Waals surface area (Å²) in [4.78, 5) is 25.8. The van der Waals surface area contributed by atoms with Gasteiger partial charge in [0.05, 0.1) is 12.2 Å². The van der Waals surface area contributed by atoms with Gasteiger partial charge in [-0.2, -0.15) is 0 Å². The summed E-state index contributed by atoms with van der Waals surface area (Å²) in [6.45, 7) is 9.01. The first-order valence-corrected chi connectivity index (χ1v) is 10.7. The highest BCUT2D eigenvalue weighted by molar-refractivity contribution is 5.80. The fraction of sp³-hybridized carbons (Fsp3) is 0.682. The van der Waals surface area contributed by atoms with Gasteiger partial charge >= 0.3 is 6.09 Å². The number of nitrogens with zero attached hydrogens (tertiary/aromatic N) is 4. The van der Waals surface area contributed by atoms with E-state index >= 15 is 0 Å². The first-order chi connectivity index (χ1) is 13.9. The van der Waals surface area contributed by atoms with Crippen molar-refractivity contribution in [2.24, 2.45) is 10.9 Å². The summed E-state index contributed by atoms with van der Waals surface area (Å²) in [5, 5.41) is 3.40. The molecule has 2 heterocycles. The lowest BCUT2D eigenvalue weighted by molar-refractivity contribution is 0.00928. The van der Waals surface area contributed by atoms with Gasteiger partial charge in [-0.3, -0.25) is 9.98 Å². The normalized spacial score (nSPS) is 18.5. The first kappa shape index (κ1) is 21.4. The predicted octanol–water partition coefficient (Wildman–Crippen LogP) is 3.27. The molecule has 0 bridgehead atoms. The molecule has 7 nitrogen and oxygen atoms in total. The van der Waals surface area contributed by atoms with E-state index in [1.807, 2.05) is 50.9 Å². The number of carbonyl (C=O) groups excluding carboxylic acids is 1. The molecule has 1 aromatic rings. The number of likely N-dealkylation sites (tertiary alicyclic amines) is 1. The van der Waals surface area contributed by atoms with Crippen LogP contribution in [0.25, 0.3) is 0 Å². The molecule has 7 heteroatoms. The van der Waals surface area contributed by atoms with Crippen LogP contribution in [0.3, 0.4) is 0 Å². The molecule has 1 aliphatic heterocycles. The maximum Gasteiger partial charge on any atom is 0.410 e. The third kappa shape index (κ3) is 6.61. The van der Waals surface area contributed by atoms with E-state index in [0.29, 0.717) is 12.5 Å². The van der Waals surface area contributed by atoms with Crippen LogP contribution in [0.1, 0.15) is 52.1 Å². The summed E-state index contributed by atoms with van der Waals surface area (Å²) in [5.41, 5.74) is 0.529. The van der Waals surface area contributed by atoms with Gasteiger partial charge in [-0.1, -0.05) is 6.07 Å². The van der Waals surface area contributed by atoms with Crippen LogP contribution >= 0.6 is 0 Å².